The van der Waals surface area contributed by atoms with Crippen molar-refractivity contribution < 1.29 is 9.47 Å². The molecule has 2 unspecified atom stereocenters. The van der Waals surface area contributed by atoms with Crippen molar-refractivity contribution in [3.63, 3.8) is 0 Å². The molecule has 1 aliphatic heterocycles. The summed E-state index contributed by atoms with van der Waals surface area (Å²) in [5.41, 5.74) is 7.25. The van der Waals surface area contributed by atoms with Crippen LogP contribution in [0.5, 0.6) is 11.5 Å². The van der Waals surface area contributed by atoms with E-state index in [9.17, 15) is 0 Å². The van der Waals surface area contributed by atoms with Gasteiger partial charge in [-0.15, -0.1) is 0 Å². The summed E-state index contributed by atoms with van der Waals surface area (Å²) in [7, 11) is 3.38. The molecule has 1 fully saturated rings. The van der Waals surface area contributed by atoms with Crippen molar-refractivity contribution in [3.8, 4) is 11.5 Å². The van der Waals surface area contributed by atoms with Crippen LogP contribution in [0.15, 0.2) is 18.2 Å². The third-order valence-corrected chi connectivity index (χ3v) is 4.28. The first-order valence-corrected chi connectivity index (χ1v) is 7.40. The van der Waals surface area contributed by atoms with Gasteiger partial charge >= 0.3 is 0 Å². The largest absolute Gasteiger partial charge is 0.497 e. The predicted molar refractivity (Wildman–Crippen MR) is 81.3 cm³/mol. The topological polar surface area (TPSA) is 47.7 Å². The lowest BCUT2D eigenvalue weighted by atomic mass is 9.84. The molecule has 0 spiro atoms. The minimum absolute atomic E-state index is 0.364. The lowest BCUT2D eigenvalue weighted by Crippen LogP contribution is -2.41. The van der Waals surface area contributed by atoms with E-state index in [1.54, 1.807) is 14.2 Å². The predicted octanol–water partition coefficient (Wildman–Crippen LogP) is 2.44. The van der Waals surface area contributed by atoms with Gasteiger partial charge in [-0.25, -0.2) is 0 Å². The van der Waals surface area contributed by atoms with Gasteiger partial charge in [-0.1, -0.05) is 6.92 Å². The van der Waals surface area contributed by atoms with E-state index in [1.165, 1.54) is 18.4 Å². The Hall–Kier alpha value is -1.26. The molecule has 1 aromatic rings. The monoisotopic (exact) mass is 278 g/mol. The Balaban J connectivity index is 2.38. The van der Waals surface area contributed by atoms with E-state index >= 15 is 0 Å². The summed E-state index contributed by atoms with van der Waals surface area (Å²) in [6.45, 7) is 5.11. The van der Waals surface area contributed by atoms with Gasteiger partial charge < -0.3 is 15.2 Å². The summed E-state index contributed by atoms with van der Waals surface area (Å²) in [6, 6.07) is 6.51. The highest BCUT2D eigenvalue weighted by Gasteiger charge is 2.31. The van der Waals surface area contributed by atoms with Crippen LogP contribution in [-0.4, -0.2) is 38.8 Å². The maximum absolute atomic E-state index is 6.00. The Morgan fingerprint density at radius 1 is 1.20 bits per heavy atom. The number of nitrogens with two attached hydrogens (primary N) is 1. The molecule has 2 rings (SSSR count). The summed E-state index contributed by atoms with van der Waals surface area (Å²) in [5.74, 6) is 2.19. The molecule has 1 saturated heterocycles. The van der Waals surface area contributed by atoms with Crippen LogP contribution in [0, 0.1) is 5.92 Å². The zero-order valence-electron chi connectivity index (χ0n) is 12.8. The standard InChI is InChI=1S/C16H26N2O2/c1-4-18-7-5-6-12(11-17)16(18)13-8-14(19-2)10-15(9-13)20-3/h8-10,12,16H,4-7,11,17H2,1-3H3. The van der Waals surface area contributed by atoms with E-state index in [-0.39, 0.29) is 0 Å². The lowest BCUT2D eigenvalue weighted by molar-refractivity contribution is 0.102. The summed E-state index contributed by atoms with van der Waals surface area (Å²) >= 11 is 0. The van der Waals surface area contributed by atoms with Gasteiger partial charge in [0.15, 0.2) is 0 Å². The molecule has 4 heteroatoms. The van der Waals surface area contributed by atoms with Crippen molar-refractivity contribution in [2.75, 3.05) is 33.9 Å². The van der Waals surface area contributed by atoms with Crippen molar-refractivity contribution in [1.82, 2.24) is 4.90 Å². The molecule has 0 bridgehead atoms. The first kappa shape index (κ1) is 15.1. The van der Waals surface area contributed by atoms with Gasteiger partial charge in [0.2, 0.25) is 0 Å². The van der Waals surface area contributed by atoms with Gasteiger partial charge in [0.25, 0.3) is 0 Å². The van der Waals surface area contributed by atoms with Gasteiger partial charge in [0.1, 0.15) is 11.5 Å². The SMILES string of the molecule is CCN1CCCC(CN)C1c1cc(OC)cc(OC)c1. The number of benzene rings is 1. The summed E-state index contributed by atoms with van der Waals surface area (Å²) in [5, 5.41) is 0. The second-order valence-electron chi connectivity index (χ2n) is 5.36. The minimum Gasteiger partial charge on any atom is -0.497 e. The van der Waals surface area contributed by atoms with Gasteiger partial charge in [-0.05, 0) is 56.1 Å². The van der Waals surface area contributed by atoms with E-state index in [4.69, 9.17) is 15.2 Å². The Morgan fingerprint density at radius 2 is 1.85 bits per heavy atom. The molecular weight excluding hydrogens is 252 g/mol. The smallest absolute Gasteiger partial charge is 0.122 e. The zero-order valence-corrected chi connectivity index (χ0v) is 12.8. The molecule has 0 amide bonds. The van der Waals surface area contributed by atoms with Gasteiger partial charge in [-0.2, -0.15) is 0 Å². The lowest BCUT2D eigenvalue weighted by Gasteiger charge is -2.41. The highest BCUT2D eigenvalue weighted by molar-refractivity contribution is 5.40. The fraction of sp³-hybridized carbons (Fsp3) is 0.625. The summed E-state index contributed by atoms with van der Waals surface area (Å²) in [6.07, 6.45) is 2.42. The van der Waals surface area contributed by atoms with E-state index in [0.29, 0.717) is 12.0 Å². The number of nitrogens with zero attached hydrogens (tertiary/aromatic N) is 1. The molecule has 2 atom stereocenters. The Labute approximate surface area is 121 Å². The number of ether oxygens (including phenoxy) is 2. The Bertz CT molecular complexity index is 402. The maximum Gasteiger partial charge on any atom is 0.122 e. The molecule has 0 aromatic heterocycles. The van der Waals surface area contributed by atoms with Crippen LogP contribution < -0.4 is 15.2 Å². The molecule has 2 N–H and O–H groups in total. The Kier molecular flexibility index (Phi) is 5.26. The Morgan fingerprint density at radius 3 is 2.35 bits per heavy atom. The van der Waals surface area contributed by atoms with Crippen molar-refractivity contribution in [2.24, 2.45) is 11.7 Å². The van der Waals surface area contributed by atoms with E-state index < -0.39 is 0 Å². The average molecular weight is 278 g/mol. The molecule has 4 nitrogen and oxygen atoms in total. The molecule has 112 valence electrons. The highest BCUT2D eigenvalue weighted by Crippen LogP contribution is 2.38. The van der Waals surface area contributed by atoms with Crippen LogP contribution in [0.3, 0.4) is 0 Å². The van der Waals surface area contributed by atoms with Crippen LogP contribution in [0.25, 0.3) is 0 Å². The van der Waals surface area contributed by atoms with E-state index in [0.717, 1.165) is 31.1 Å². The van der Waals surface area contributed by atoms with Crippen LogP contribution in [0.2, 0.25) is 0 Å². The number of rotatable bonds is 5. The third-order valence-electron chi connectivity index (χ3n) is 4.28. The molecule has 1 heterocycles. The van der Waals surface area contributed by atoms with Crippen molar-refractivity contribution in [2.45, 2.75) is 25.8 Å². The second kappa shape index (κ2) is 6.95. The highest BCUT2D eigenvalue weighted by atomic mass is 16.5. The summed E-state index contributed by atoms with van der Waals surface area (Å²) in [4.78, 5) is 2.51. The first-order valence-electron chi connectivity index (χ1n) is 7.40. The number of hydrogen-bond acceptors (Lipinski definition) is 4. The molecule has 1 aromatic carbocycles. The van der Waals surface area contributed by atoms with Gasteiger partial charge in [-0.3, -0.25) is 4.90 Å². The second-order valence-corrected chi connectivity index (χ2v) is 5.36. The summed E-state index contributed by atoms with van der Waals surface area (Å²) < 4.78 is 10.8. The molecule has 20 heavy (non-hydrogen) atoms. The van der Waals surface area contributed by atoms with Gasteiger partial charge in [0, 0.05) is 12.1 Å². The molecular formula is C16H26N2O2. The number of hydrogen-bond donors (Lipinski definition) is 1. The zero-order chi connectivity index (χ0) is 14.5. The number of piperidine rings is 1. The number of likely N-dealkylation sites (tertiary alicyclic amines) is 1. The molecule has 0 radical (unpaired) electrons. The first-order chi connectivity index (χ1) is 9.73. The van der Waals surface area contributed by atoms with Crippen LogP contribution in [0.1, 0.15) is 31.4 Å². The van der Waals surface area contributed by atoms with Crippen LogP contribution in [0.4, 0.5) is 0 Å². The fourth-order valence-electron chi connectivity index (χ4n) is 3.24. The third kappa shape index (κ3) is 3.07. The fourth-order valence-corrected chi connectivity index (χ4v) is 3.24. The normalized spacial score (nSPS) is 23.6. The average Bonchev–Trinajstić information content (AvgIpc) is 2.53. The van der Waals surface area contributed by atoms with Crippen LogP contribution in [-0.2, 0) is 0 Å². The minimum atomic E-state index is 0.364. The van der Waals surface area contributed by atoms with Crippen molar-refractivity contribution in [1.29, 1.82) is 0 Å². The molecule has 0 aliphatic carbocycles. The van der Waals surface area contributed by atoms with Gasteiger partial charge in [0.05, 0.1) is 14.2 Å². The van der Waals surface area contributed by atoms with E-state index in [2.05, 4.69) is 24.0 Å². The van der Waals surface area contributed by atoms with Crippen LogP contribution >= 0.6 is 0 Å². The van der Waals surface area contributed by atoms with E-state index in [1.807, 2.05) is 6.07 Å². The maximum atomic E-state index is 6.00. The van der Waals surface area contributed by atoms with Crippen molar-refractivity contribution in [3.05, 3.63) is 23.8 Å². The molecule has 0 saturated carbocycles. The van der Waals surface area contributed by atoms with Crippen molar-refractivity contribution >= 4 is 0 Å². The molecule has 1 aliphatic rings. The quantitative estimate of drug-likeness (QED) is 0.898. The number of methoxy groups -OCH3 is 2.